The van der Waals surface area contributed by atoms with Gasteiger partial charge >= 0.3 is 0 Å². The van der Waals surface area contributed by atoms with Gasteiger partial charge in [0.2, 0.25) is 0 Å². The van der Waals surface area contributed by atoms with Crippen molar-refractivity contribution in [3.05, 3.63) is 30.1 Å². The van der Waals surface area contributed by atoms with Crippen LogP contribution in [0.1, 0.15) is 31.4 Å². The van der Waals surface area contributed by atoms with E-state index in [4.69, 9.17) is 5.26 Å². The van der Waals surface area contributed by atoms with Gasteiger partial charge in [0.1, 0.15) is 0 Å². The van der Waals surface area contributed by atoms with Gasteiger partial charge in [-0.3, -0.25) is 4.98 Å². The highest BCUT2D eigenvalue weighted by Crippen LogP contribution is 2.09. The number of aromatic nitrogens is 1. The molecule has 0 radical (unpaired) electrons. The molecule has 0 aliphatic carbocycles. The van der Waals surface area contributed by atoms with Crippen molar-refractivity contribution in [3.8, 4) is 6.07 Å². The van der Waals surface area contributed by atoms with Crippen molar-refractivity contribution in [3.63, 3.8) is 0 Å². The normalized spacial score (nSPS) is 12.0. The molecule has 1 atom stereocenters. The highest BCUT2D eigenvalue weighted by atomic mass is 14.9. The second kappa shape index (κ2) is 6.11. The van der Waals surface area contributed by atoms with Crippen LogP contribution >= 0.6 is 0 Å². The van der Waals surface area contributed by atoms with E-state index in [1.807, 2.05) is 12.1 Å². The van der Waals surface area contributed by atoms with E-state index in [9.17, 15) is 0 Å². The maximum atomic E-state index is 8.36. The fourth-order valence-corrected chi connectivity index (χ4v) is 1.26. The maximum absolute atomic E-state index is 8.36. The first kappa shape index (κ1) is 10.7. The molecule has 1 rings (SSSR count). The number of nitrogens with one attached hydrogen (secondary N) is 1. The minimum Gasteiger partial charge on any atom is -0.310 e. The molecule has 1 aromatic rings. The Labute approximate surface area is 84.8 Å². The molecule has 74 valence electrons. The zero-order valence-electron chi connectivity index (χ0n) is 8.40. The second-order valence-electron chi connectivity index (χ2n) is 3.22. The van der Waals surface area contributed by atoms with Crippen LogP contribution in [0.2, 0.25) is 0 Å². The van der Waals surface area contributed by atoms with Crippen LogP contribution in [0, 0.1) is 11.3 Å². The molecule has 0 aliphatic rings. The van der Waals surface area contributed by atoms with E-state index in [-0.39, 0.29) is 0 Å². The van der Waals surface area contributed by atoms with E-state index in [1.165, 1.54) is 5.56 Å². The Hall–Kier alpha value is -1.40. The molecule has 1 aromatic heterocycles. The van der Waals surface area contributed by atoms with E-state index in [0.717, 1.165) is 13.0 Å². The van der Waals surface area contributed by atoms with Gasteiger partial charge in [-0.25, -0.2) is 0 Å². The molecule has 0 bridgehead atoms. The van der Waals surface area contributed by atoms with Gasteiger partial charge in [-0.05, 0) is 37.6 Å². The smallest absolute Gasteiger partial charge is 0.0622 e. The summed E-state index contributed by atoms with van der Waals surface area (Å²) in [7, 11) is 0. The third-order valence-electron chi connectivity index (χ3n) is 2.12. The molecule has 0 spiro atoms. The maximum Gasteiger partial charge on any atom is 0.0622 e. The van der Waals surface area contributed by atoms with Crippen LogP contribution in [0.15, 0.2) is 24.5 Å². The lowest BCUT2D eigenvalue weighted by Crippen LogP contribution is -2.19. The van der Waals surface area contributed by atoms with Crippen LogP contribution in [0.5, 0.6) is 0 Å². The number of rotatable bonds is 5. The summed E-state index contributed by atoms with van der Waals surface area (Å²) in [6.45, 7) is 3.00. The van der Waals surface area contributed by atoms with Gasteiger partial charge < -0.3 is 5.32 Å². The zero-order chi connectivity index (χ0) is 10.2. The largest absolute Gasteiger partial charge is 0.310 e. The number of hydrogen-bond acceptors (Lipinski definition) is 3. The summed E-state index contributed by atoms with van der Waals surface area (Å²) >= 11 is 0. The van der Waals surface area contributed by atoms with Gasteiger partial charge in [0.25, 0.3) is 0 Å². The van der Waals surface area contributed by atoms with Gasteiger partial charge in [-0.2, -0.15) is 5.26 Å². The lowest BCUT2D eigenvalue weighted by Gasteiger charge is -2.12. The Morgan fingerprint density at radius 3 is 2.86 bits per heavy atom. The Balaban J connectivity index is 2.29. The minimum absolute atomic E-state index is 0.330. The summed E-state index contributed by atoms with van der Waals surface area (Å²) in [5.41, 5.74) is 1.23. The van der Waals surface area contributed by atoms with Crippen LogP contribution in [0.3, 0.4) is 0 Å². The lowest BCUT2D eigenvalue weighted by atomic mass is 10.1. The highest BCUT2D eigenvalue weighted by molar-refractivity contribution is 5.13. The predicted molar refractivity (Wildman–Crippen MR) is 55.5 cm³/mol. The SMILES string of the molecule is CC(NCCCC#N)c1ccncc1. The summed E-state index contributed by atoms with van der Waals surface area (Å²) < 4.78 is 0. The summed E-state index contributed by atoms with van der Waals surface area (Å²) in [5.74, 6) is 0. The summed E-state index contributed by atoms with van der Waals surface area (Å²) in [5, 5.41) is 11.7. The topological polar surface area (TPSA) is 48.7 Å². The molecule has 0 saturated heterocycles. The highest BCUT2D eigenvalue weighted by Gasteiger charge is 2.02. The average molecular weight is 189 g/mol. The van der Waals surface area contributed by atoms with Gasteiger partial charge in [-0.15, -0.1) is 0 Å². The molecule has 0 aromatic carbocycles. The monoisotopic (exact) mass is 189 g/mol. The van der Waals surface area contributed by atoms with Crippen molar-refractivity contribution in [1.29, 1.82) is 5.26 Å². The molecule has 0 amide bonds. The molecule has 1 unspecified atom stereocenters. The quantitative estimate of drug-likeness (QED) is 0.721. The van der Waals surface area contributed by atoms with Crippen molar-refractivity contribution in [2.75, 3.05) is 6.54 Å². The van der Waals surface area contributed by atoms with E-state index in [0.29, 0.717) is 12.5 Å². The predicted octanol–water partition coefficient (Wildman–Crippen LogP) is 2.04. The second-order valence-corrected chi connectivity index (χ2v) is 3.22. The first-order valence-electron chi connectivity index (χ1n) is 4.85. The van der Waals surface area contributed by atoms with Crippen LogP contribution in [-0.2, 0) is 0 Å². The van der Waals surface area contributed by atoms with E-state index in [1.54, 1.807) is 12.4 Å². The Morgan fingerprint density at radius 2 is 2.21 bits per heavy atom. The van der Waals surface area contributed by atoms with Crippen molar-refractivity contribution >= 4 is 0 Å². The minimum atomic E-state index is 0.330. The number of pyridine rings is 1. The average Bonchev–Trinajstić information content (AvgIpc) is 2.25. The molecular formula is C11H15N3. The fraction of sp³-hybridized carbons (Fsp3) is 0.455. The third kappa shape index (κ3) is 3.55. The van der Waals surface area contributed by atoms with Gasteiger partial charge in [0.05, 0.1) is 6.07 Å². The summed E-state index contributed by atoms with van der Waals surface area (Å²) in [6, 6.07) is 6.47. The van der Waals surface area contributed by atoms with Gasteiger partial charge in [-0.1, -0.05) is 0 Å². The molecule has 1 N–H and O–H groups in total. The van der Waals surface area contributed by atoms with Crippen LogP contribution in [0.25, 0.3) is 0 Å². The Kier molecular flexibility index (Phi) is 4.66. The summed E-state index contributed by atoms with van der Waals surface area (Å²) in [4.78, 5) is 3.97. The van der Waals surface area contributed by atoms with Crippen molar-refractivity contribution in [2.45, 2.75) is 25.8 Å². The molecule has 0 aliphatic heterocycles. The first-order valence-corrected chi connectivity index (χ1v) is 4.85. The van der Waals surface area contributed by atoms with Crippen LogP contribution in [0.4, 0.5) is 0 Å². The third-order valence-corrected chi connectivity index (χ3v) is 2.12. The molecule has 0 fully saturated rings. The van der Waals surface area contributed by atoms with Crippen LogP contribution < -0.4 is 5.32 Å². The van der Waals surface area contributed by atoms with E-state index in [2.05, 4.69) is 23.3 Å². The molecule has 3 heteroatoms. The number of hydrogen-bond donors (Lipinski definition) is 1. The van der Waals surface area contributed by atoms with E-state index < -0.39 is 0 Å². The van der Waals surface area contributed by atoms with Crippen molar-refractivity contribution in [2.24, 2.45) is 0 Å². The molecule has 3 nitrogen and oxygen atoms in total. The first-order chi connectivity index (χ1) is 6.84. The number of nitrogens with zero attached hydrogens (tertiary/aromatic N) is 2. The molecule has 1 heterocycles. The standard InChI is InChI=1S/C11H15N3/c1-10(14-7-3-2-6-12)11-4-8-13-9-5-11/h4-5,8-10,14H,2-3,7H2,1H3. The van der Waals surface area contributed by atoms with Gasteiger partial charge in [0.15, 0.2) is 0 Å². The number of nitriles is 1. The fourth-order valence-electron chi connectivity index (χ4n) is 1.26. The molecule has 14 heavy (non-hydrogen) atoms. The Morgan fingerprint density at radius 1 is 1.50 bits per heavy atom. The summed E-state index contributed by atoms with van der Waals surface area (Å²) in [6.07, 6.45) is 5.12. The van der Waals surface area contributed by atoms with Crippen LogP contribution in [-0.4, -0.2) is 11.5 Å². The number of unbranched alkanes of at least 4 members (excludes halogenated alkanes) is 1. The zero-order valence-corrected chi connectivity index (χ0v) is 8.40. The Bertz CT molecular complexity index is 289. The van der Waals surface area contributed by atoms with Gasteiger partial charge in [0, 0.05) is 24.9 Å². The molecular weight excluding hydrogens is 174 g/mol. The van der Waals surface area contributed by atoms with E-state index >= 15 is 0 Å². The lowest BCUT2D eigenvalue weighted by molar-refractivity contribution is 0.561. The van der Waals surface area contributed by atoms with Crippen molar-refractivity contribution < 1.29 is 0 Å². The molecule has 0 saturated carbocycles. The van der Waals surface area contributed by atoms with Crippen molar-refractivity contribution in [1.82, 2.24) is 10.3 Å².